The first-order valence-corrected chi connectivity index (χ1v) is 9.29. The second kappa shape index (κ2) is 9.13. The van der Waals surface area contributed by atoms with Crippen molar-refractivity contribution >= 4 is 29.2 Å². The largest absolute Gasteiger partial charge is 0.465 e. The Balaban J connectivity index is 1.94. The van der Waals surface area contributed by atoms with Gasteiger partial charge in [0.05, 0.1) is 36.0 Å². The summed E-state index contributed by atoms with van der Waals surface area (Å²) >= 11 is 0. The molecule has 1 heterocycles. The molecule has 0 spiro atoms. The Morgan fingerprint density at radius 2 is 1.56 bits per heavy atom. The van der Waals surface area contributed by atoms with Crippen LogP contribution in [0.2, 0.25) is 0 Å². The van der Waals surface area contributed by atoms with Crippen LogP contribution in [0.3, 0.4) is 0 Å². The van der Waals surface area contributed by atoms with E-state index in [0.717, 1.165) is 0 Å². The molecule has 3 aromatic rings. The number of nitro benzene ring substituents is 1. The van der Waals surface area contributed by atoms with Crippen molar-refractivity contribution in [2.75, 3.05) is 19.5 Å². The number of para-hydroxylation sites is 1. The predicted molar refractivity (Wildman–Crippen MR) is 115 cm³/mol. The molecular weight excluding hydrogens is 418 g/mol. The summed E-state index contributed by atoms with van der Waals surface area (Å²) in [5.74, 6) is -2.01. The Kier molecular flexibility index (Phi) is 6.34. The minimum absolute atomic E-state index is 0.0542. The Hall–Kier alpha value is -4.47. The van der Waals surface area contributed by atoms with E-state index in [-0.39, 0.29) is 22.4 Å². The number of nitrogens with one attached hydrogen (secondary N) is 1. The lowest BCUT2D eigenvalue weighted by atomic mass is 10.0. The summed E-state index contributed by atoms with van der Waals surface area (Å²) in [5.41, 5.74) is 1.13. The first kappa shape index (κ1) is 22.2. The van der Waals surface area contributed by atoms with Crippen molar-refractivity contribution < 1.29 is 28.8 Å². The SMILES string of the molecule is COC(=O)c1cn(C)c(-c2ccc(NC(=O)c3ccccc3[N+](=O)[O-])cc2)c1C(=O)OC. The summed E-state index contributed by atoms with van der Waals surface area (Å²) in [6, 6.07) is 12.1. The molecule has 1 amide bonds. The number of aryl methyl sites for hydroxylation is 1. The minimum atomic E-state index is -0.699. The van der Waals surface area contributed by atoms with Gasteiger partial charge in [0.2, 0.25) is 0 Å². The first-order valence-electron chi connectivity index (χ1n) is 9.29. The van der Waals surface area contributed by atoms with Gasteiger partial charge in [-0.15, -0.1) is 0 Å². The highest BCUT2D eigenvalue weighted by molar-refractivity contribution is 6.08. The van der Waals surface area contributed by atoms with Crippen LogP contribution in [-0.4, -0.2) is 41.6 Å². The molecule has 0 bridgehead atoms. The average molecular weight is 437 g/mol. The molecule has 0 saturated carbocycles. The number of rotatable bonds is 6. The summed E-state index contributed by atoms with van der Waals surface area (Å²) in [6.45, 7) is 0. The second-order valence-corrected chi connectivity index (χ2v) is 6.67. The van der Waals surface area contributed by atoms with E-state index in [1.54, 1.807) is 35.9 Å². The summed E-state index contributed by atoms with van der Waals surface area (Å²) in [7, 11) is 4.09. The third-order valence-electron chi connectivity index (χ3n) is 4.74. The maximum atomic E-state index is 12.5. The van der Waals surface area contributed by atoms with Crippen molar-refractivity contribution in [3.8, 4) is 11.3 Å². The van der Waals surface area contributed by atoms with Gasteiger partial charge in [-0.1, -0.05) is 24.3 Å². The number of nitro groups is 1. The lowest BCUT2D eigenvalue weighted by Crippen LogP contribution is -2.13. The molecule has 164 valence electrons. The molecule has 10 nitrogen and oxygen atoms in total. The number of esters is 2. The Morgan fingerprint density at radius 1 is 0.938 bits per heavy atom. The topological polar surface area (TPSA) is 130 Å². The van der Waals surface area contributed by atoms with Gasteiger partial charge in [0, 0.05) is 25.0 Å². The predicted octanol–water partition coefficient (Wildman–Crippen LogP) is 3.43. The molecule has 3 rings (SSSR count). The normalized spacial score (nSPS) is 10.3. The zero-order chi connectivity index (χ0) is 23.4. The molecular formula is C22H19N3O7. The van der Waals surface area contributed by atoms with E-state index in [4.69, 9.17) is 9.47 Å². The fourth-order valence-corrected chi connectivity index (χ4v) is 3.28. The van der Waals surface area contributed by atoms with Crippen LogP contribution >= 0.6 is 0 Å². The lowest BCUT2D eigenvalue weighted by molar-refractivity contribution is -0.385. The number of amides is 1. The molecule has 2 aromatic carbocycles. The van der Waals surface area contributed by atoms with Crippen LogP contribution in [0.1, 0.15) is 31.1 Å². The molecule has 1 N–H and O–H groups in total. The number of hydrogen-bond donors (Lipinski definition) is 1. The first-order chi connectivity index (χ1) is 15.3. The number of carbonyl (C=O) groups is 3. The second-order valence-electron chi connectivity index (χ2n) is 6.67. The zero-order valence-electron chi connectivity index (χ0n) is 17.4. The number of carbonyl (C=O) groups excluding carboxylic acids is 3. The van der Waals surface area contributed by atoms with Crippen LogP contribution < -0.4 is 5.32 Å². The molecule has 32 heavy (non-hydrogen) atoms. The van der Waals surface area contributed by atoms with Crippen molar-refractivity contribution in [1.82, 2.24) is 4.57 Å². The van der Waals surface area contributed by atoms with E-state index in [1.807, 2.05) is 0 Å². The summed E-state index contributed by atoms with van der Waals surface area (Å²) < 4.78 is 11.2. The smallest absolute Gasteiger partial charge is 0.340 e. The van der Waals surface area contributed by atoms with Gasteiger partial charge in [0.25, 0.3) is 11.6 Å². The van der Waals surface area contributed by atoms with Gasteiger partial charge < -0.3 is 19.4 Å². The fourth-order valence-electron chi connectivity index (χ4n) is 3.28. The summed E-state index contributed by atoms with van der Waals surface area (Å²) in [5, 5.41) is 13.8. The molecule has 0 radical (unpaired) electrons. The average Bonchev–Trinajstić information content (AvgIpc) is 3.15. The number of aromatic nitrogens is 1. The molecule has 0 aliphatic carbocycles. The Morgan fingerprint density at radius 3 is 2.16 bits per heavy atom. The van der Waals surface area contributed by atoms with E-state index in [2.05, 4.69) is 5.32 Å². The highest BCUT2D eigenvalue weighted by atomic mass is 16.6. The number of benzene rings is 2. The van der Waals surface area contributed by atoms with Crippen molar-refractivity contribution in [3.05, 3.63) is 81.5 Å². The van der Waals surface area contributed by atoms with E-state index < -0.39 is 22.8 Å². The number of nitrogens with zero attached hydrogens (tertiary/aromatic N) is 2. The van der Waals surface area contributed by atoms with Crippen LogP contribution in [-0.2, 0) is 16.5 Å². The van der Waals surface area contributed by atoms with Gasteiger partial charge in [0.15, 0.2) is 0 Å². The maximum absolute atomic E-state index is 12.5. The lowest BCUT2D eigenvalue weighted by Gasteiger charge is -2.10. The Labute approximate surface area is 182 Å². The van der Waals surface area contributed by atoms with Gasteiger partial charge in [0.1, 0.15) is 5.56 Å². The molecule has 0 unspecified atom stereocenters. The van der Waals surface area contributed by atoms with Gasteiger partial charge >= 0.3 is 11.9 Å². The molecule has 0 fully saturated rings. The van der Waals surface area contributed by atoms with E-state index in [0.29, 0.717) is 16.9 Å². The van der Waals surface area contributed by atoms with Gasteiger partial charge in [-0.3, -0.25) is 14.9 Å². The number of hydrogen-bond acceptors (Lipinski definition) is 7. The summed E-state index contributed by atoms with van der Waals surface area (Å²) in [4.78, 5) is 47.5. The fraction of sp³-hybridized carbons (Fsp3) is 0.136. The van der Waals surface area contributed by atoms with Crippen LogP contribution in [0.4, 0.5) is 11.4 Å². The molecule has 0 atom stereocenters. The van der Waals surface area contributed by atoms with Gasteiger partial charge in [-0.2, -0.15) is 0 Å². The van der Waals surface area contributed by atoms with Crippen molar-refractivity contribution in [2.45, 2.75) is 0 Å². The highest BCUT2D eigenvalue weighted by Gasteiger charge is 2.27. The van der Waals surface area contributed by atoms with E-state index in [9.17, 15) is 24.5 Å². The van der Waals surface area contributed by atoms with Crippen LogP contribution in [0.25, 0.3) is 11.3 Å². The minimum Gasteiger partial charge on any atom is -0.465 e. The molecule has 10 heteroatoms. The van der Waals surface area contributed by atoms with E-state index in [1.165, 1.54) is 44.7 Å². The maximum Gasteiger partial charge on any atom is 0.340 e. The number of ether oxygens (including phenoxy) is 2. The standard InChI is InChI=1S/C22H19N3O7/c1-24-12-16(21(27)31-2)18(22(28)32-3)19(24)13-8-10-14(11-9-13)23-20(26)15-6-4-5-7-17(15)25(29)30/h4-12H,1-3H3,(H,23,26). The monoisotopic (exact) mass is 437 g/mol. The van der Waals surface area contributed by atoms with E-state index >= 15 is 0 Å². The van der Waals surface area contributed by atoms with Crippen molar-refractivity contribution in [2.24, 2.45) is 7.05 Å². The van der Waals surface area contributed by atoms with Crippen molar-refractivity contribution in [3.63, 3.8) is 0 Å². The number of methoxy groups -OCH3 is 2. The zero-order valence-corrected chi connectivity index (χ0v) is 17.4. The quantitative estimate of drug-likeness (QED) is 0.355. The van der Waals surface area contributed by atoms with Crippen LogP contribution in [0.5, 0.6) is 0 Å². The highest BCUT2D eigenvalue weighted by Crippen LogP contribution is 2.30. The summed E-state index contributed by atoms with van der Waals surface area (Å²) in [6.07, 6.45) is 1.47. The molecule has 0 saturated heterocycles. The van der Waals surface area contributed by atoms with Crippen molar-refractivity contribution in [1.29, 1.82) is 0 Å². The van der Waals surface area contributed by atoms with Gasteiger partial charge in [-0.05, 0) is 23.8 Å². The molecule has 0 aliphatic heterocycles. The number of anilines is 1. The molecule has 1 aromatic heterocycles. The van der Waals surface area contributed by atoms with Crippen LogP contribution in [0.15, 0.2) is 54.7 Å². The Bertz CT molecular complexity index is 1210. The van der Waals surface area contributed by atoms with Gasteiger partial charge in [-0.25, -0.2) is 9.59 Å². The third kappa shape index (κ3) is 4.19. The van der Waals surface area contributed by atoms with Crippen LogP contribution in [0, 0.1) is 10.1 Å². The third-order valence-corrected chi connectivity index (χ3v) is 4.74. The molecule has 0 aliphatic rings.